The minimum atomic E-state index is 0.00590. The number of anilines is 1. The number of amides is 1. The molecule has 1 saturated carbocycles. The van der Waals surface area contributed by atoms with Gasteiger partial charge in [-0.2, -0.15) is 5.10 Å². The Bertz CT molecular complexity index is 739. The Balaban J connectivity index is 1.69. The van der Waals surface area contributed by atoms with Gasteiger partial charge >= 0.3 is 0 Å². The minimum absolute atomic E-state index is 0.00590. The molecule has 2 aromatic rings. The van der Waals surface area contributed by atoms with Crippen LogP contribution in [0.2, 0.25) is 15.1 Å². The number of rotatable bonds is 4. The van der Waals surface area contributed by atoms with Crippen LogP contribution in [0.25, 0.3) is 0 Å². The molecule has 7 heteroatoms. The summed E-state index contributed by atoms with van der Waals surface area (Å²) in [5, 5.41) is 8.80. The highest BCUT2D eigenvalue weighted by molar-refractivity contribution is 6.35. The van der Waals surface area contributed by atoms with Crippen LogP contribution in [0.5, 0.6) is 0 Å². The summed E-state index contributed by atoms with van der Waals surface area (Å²) in [6.45, 7) is 0.453. The van der Waals surface area contributed by atoms with Crippen LogP contribution in [-0.4, -0.2) is 15.7 Å². The van der Waals surface area contributed by atoms with E-state index in [2.05, 4.69) is 10.4 Å². The normalized spacial score (nSPS) is 15.5. The van der Waals surface area contributed by atoms with E-state index in [9.17, 15) is 4.79 Å². The fourth-order valence-corrected chi connectivity index (χ4v) is 3.64. The zero-order chi connectivity index (χ0) is 17.1. The lowest BCUT2D eigenvalue weighted by molar-refractivity contribution is -0.120. The van der Waals surface area contributed by atoms with Crippen molar-refractivity contribution < 1.29 is 4.79 Å². The Kier molecular flexibility index (Phi) is 5.69. The Morgan fingerprint density at radius 1 is 1.17 bits per heavy atom. The number of hydrogen-bond acceptors (Lipinski definition) is 2. The molecule has 0 spiro atoms. The third kappa shape index (κ3) is 4.24. The summed E-state index contributed by atoms with van der Waals surface area (Å²) < 4.78 is 1.66. The largest absolute Gasteiger partial charge is 0.308 e. The van der Waals surface area contributed by atoms with Crippen LogP contribution in [0.1, 0.15) is 37.7 Å². The maximum Gasteiger partial charge on any atom is 0.228 e. The zero-order valence-electron chi connectivity index (χ0n) is 13.1. The second-order valence-corrected chi connectivity index (χ2v) is 7.33. The molecule has 1 aromatic carbocycles. The van der Waals surface area contributed by atoms with Crippen LogP contribution in [0.15, 0.2) is 24.4 Å². The van der Waals surface area contributed by atoms with Crippen LogP contribution in [-0.2, 0) is 11.3 Å². The van der Waals surface area contributed by atoms with Gasteiger partial charge in [-0.15, -0.1) is 0 Å². The van der Waals surface area contributed by atoms with Crippen molar-refractivity contribution in [2.75, 3.05) is 5.32 Å². The van der Waals surface area contributed by atoms with E-state index >= 15 is 0 Å². The van der Waals surface area contributed by atoms with Gasteiger partial charge in [0.15, 0.2) is 5.82 Å². The van der Waals surface area contributed by atoms with E-state index in [4.69, 9.17) is 34.8 Å². The molecule has 1 aliphatic carbocycles. The average Bonchev–Trinajstić information content (AvgIpc) is 2.90. The van der Waals surface area contributed by atoms with Gasteiger partial charge in [0.2, 0.25) is 5.91 Å². The Morgan fingerprint density at radius 3 is 2.62 bits per heavy atom. The maximum absolute atomic E-state index is 12.3. The number of carbonyl (C=O) groups is 1. The topological polar surface area (TPSA) is 46.9 Å². The lowest BCUT2D eigenvalue weighted by Gasteiger charge is -2.20. The fraction of sp³-hybridized carbons (Fsp3) is 0.412. The number of carbonyl (C=O) groups excluding carboxylic acids is 1. The highest BCUT2D eigenvalue weighted by Gasteiger charge is 2.22. The van der Waals surface area contributed by atoms with Crippen LogP contribution in [0.4, 0.5) is 5.82 Å². The standard InChI is InChI=1S/C17H18Cl3N3O/c18-13-7-6-12(14(19)8-13)9-23-10-15(20)16(22-23)21-17(24)11-4-2-1-3-5-11/h6-8,10-11H,1-5,9H2,(H,21,22,24). The van der Waals surface area contributed by atoms with Crippen LogP contribution in [0, 0.1) is 5.92 Å². The number of benzene rings is 1. The molecule has 24 heavy (non-hydrogen) atoms. The average molecular weight is 387 g/mol. The van der Waals surface area contributed by atoms with E-state index in [0.29, 0.717) is 27.4 Å². The molecule has 0 unspecified atom stereocenters. The van der Waals surface area contributed by atoms with Gasteiger partial charge in [0.25, 0.3) is 0 Å². The first-order valence-electron chi connectivity index (χ1n) is 8.00. The monoisotopic (exact) mass is 385 g/mol. The third-order valence-electron chi connectivity index (χ3n) is 4.28. The van der Waals surface area contributed by atoms with E-state index in [1.54, 1.807) is 23.0 Å². The third-order valence-corrected chi connectivity index (χ3v) is 5.15. The molecule has 128 valence electrons. The second kappa shape index (κ2) is 7.77. The molecular formula is C17H18Cl3N3O. The molecule has 1 fully saturated rings. The van der Waals surface area contributed by atoms with E-state index in [1.165, 1.54) is 6.42 Å². The van der Waals surface area contributed by atoms with Gasteiger partial charge in [-0.25, -0.2) is 0 Å². The van der Waals surface area contributed by atoms with Crippen LogP contribution < -0.4 is 5.32 Å². The zero-order valence-corrected chi connectivity index (χ0v) is 15.3. The Hall–Kier alpha value is -1.23. The predicted molar refractivity (Wildman–Crippen MR) is 98.0 cm³/mol. The van der Waals surface area contributed by atoms with Gasteiger partial charge in [0, 0.05) is 22.2 Å². The van der Waals surface area contributed by atoms with Crippen molar-refractivity contribution in [3.05, 3.63) is 45.0 Å². The van der Waals surface area contributed by atoms with Crippen LogP contribution >= 0.6 is 34.8 Å². The van der Waals surface area contributed by atoms with Crippen molar-refractivity contribution in [3.8, 4) is 0 Å². The first kappa shape index (κ1) is 17.6. The van der Waals surface area contributed by atoms with E-state index in [-0.39, 0.29) is 11.8 Å². The van der Waals surface area contributed by atoms with Crippen molar-refractivity contribution in [1.29, 1.82) is 0 Å². The molecule has 1 N–H and O–H groups in total. The summed E-state index contributed by atoms with van der Waals surface area (Å²) in [7, 11) is 0. The highest BCUT2D eigenvalue weighted by Crippen LogP contribution is 2.27. The number of nitrogens with one attached hydrogen (secondary N) is 1. The van der Waals surface area contributed by atoms with Gasteiger partial charge in [-0.05, 0) is 30.5 Å². The number of nitrogens with zero attached hydrogens (tertiary/aromatic N) is 2. The van der Waals surface area contributed by atoms with Gasteiger partial charge < -0.3 is 5.32 Å². The van der Waals surface area contributed by atoms with Gasteiger partial charge in [-0.1, -0.05) is 60.1 Å². The summed E-state index contributed by atoms with van der Waals surface area (Å²) in [4.78, 5) is 12.3. The molecule has 1 aromatic heterocycles. The first-order valence-corrected chi connectivity index (χ1v) is 9.14. The number of hydrogen-bond donors (Lipinski definition) is 1. The van der Waals surface area contributed by atoms with E-state index in [1.807, 2.05) is 6.07 Å². The lowest BCUT2D eigenvalue weighted by Crippen LogP contribution is -2.25. The maximum atomic E-state index is 12.3. The van der Waals surface area contributed by atoms with Crippen LogP contribution in [0.3, 0.4) is 0 Å². The smallest absolute Gasteiger partial charge is 0.228 e. The summed E-state index contributed by atoms with van der Waals surface area (Å²) in [5.74, 6) is 0.467. The summed E-state index contributed by atoms with van der Waals surface area (Å²) in [5.41, 5.74) is 0.880. The molecule has 0 saturated heterocycles. The summed E-state index contributed by atoms with van der Waals surface area (Å²) in [6.07, 6.45) is 6.98. The number of halogens is 3. The highest BCUT2D eigenvalue weighted by atomic mass is 35.5. The summed E-state index contributed by atoms with van der Waals surface area (Å²) >= 11 is 18.3. The Labute approximate surface area is 156 Å². The summed E-state index contributed by atoms with van der Waals surface area (Å²) in [6, 6.07) is 5.31. The molecule has 1 aliphatic rings. The van der Waals surface area contributed by atoms with Gasteiger partial charge in [-0.3, -0.25) is 9.48 Å². The fourth-order valence-electron chi connectivity index (χ4n) is 2.97. The number of aromatic nitrogens is 2. The van der Waals surface area contributed by atoms with Crippen molar-refractivity contribution in [2.24, 2.45) is 5.92 Å². The molecule has 0 radical (unpaired) electrons. The molecule has 1 amide bonds. The van der Waals surface area contributed by atoms with Crippen molar-refractivity contribution in [3.63, 3.8) is 0 Å². The van der Waals surface area contributed by atoms with E-state index in [0.717, 1.165) is 31.2 Å². The quantitative estimate of drug-likeness (QED) is 0.763. The van der Waals surface area contributed by atoms with Gasteiger partial charge in [0.05, 0.1) is 6.54 Å². The Morgan fingerprint density at radius 2 is 1.92 bits per heavy atom. The molecule has 4 nitrogen and oxygen atoms in total. The molecule has 0 atom stereocenters. The first-order chi connectivity index (χ1) is 11.5. The van der Waals surface area contributed by atoms with E-state index < -0.39 is 0 Å². The van der Waals surface area contributed by atoms with Crippen molar-refractivity contribution in [1.82, 2.24) is 9.78 Å². The molecule has 3 rings (SSSR count). The second-order valence-electron chi connectivity index (χ2n) is 6.08. The van der Waals surface area contributed by atoms with Crippen molar-refractivity contribution >= 4 is 46.5 Å². The minimum Gasteiger partial charge on any atom is -0.308 e. The molecular weight excluding hydrogens is 369 g/mol. The SMILES string of the molecule is O=C(Nc1nn(Cc2ccc(Cl)cc2Cl)cc1Cl)C1CCCCC1. The lowest BCUT2D eigenvalue weighted by atomic mass is 9.89. The van der Waals surface area contributed by atoms with Crippen molar-refractivity contribution in [2.45, 2.75) is 38.6 Å². The molecule has 0 bridgehead atoms. The predicted octanol–water partition coefficient (Wildman–Crippen LogP) is 5.41. The molecule has 1 heterocycles. The molecule has 0 aliphatic heterocycles. The van der Waals surface area contributed by atoms with Gasteiger partial charge in [0.1, 0.15) is 5.02 Å².